The third-order valence-corrected chi connectivity index (χ3v) is 3.72. The number of carbonyl (C=O) groups is 1. The van der Waals surface area contributed by atoms with Crippen LogP contribution in [0.3, 0.4) is 0 Å². The van der Waals surface area contributed by atoms with E-state index in [0.717, 1.165) is 12.8 Å². The Hall–Kier alpha value is -2.35. The zero-order valence-corrected chi connectivity index (χ0v) is 11.4. The van der Waals surface area contributed by atoms with Gasteiger partial charge in [-0.25, -0.2) is 0 Å². The van der Waals surface area contributed by atoms with Crippen LogP contribution in [0.5, 0.6) is 5.75 Å². The average Bonchev–Trinajstić information content (AvgIpc) is 2.41. The molecule has 112 valence electrons. The Kier molecular flexibility index (Phi) is 3.38. The van der Waals surface area contributed by atoms with Gasteiger partial charge in [0, 0.05) is 13.2 Å². The number of hydrogen-bond donors (Lipinski definition) is 2. The lowest BCUT2D eigenvalue weighted by atomic mass is 9.89. The average molecular weight is 293 g/mol. The largest absolute Gasteiger partial charge is 0.481 e. The number of nitro benzene ring substituents is 1. The zero-order chi connectivity index (χ0) is 15.0. The maximum absolute atomic E-state index is 11.3. The molecular weight excluding hydrogens is 278 g/mol. The third-order valence-electron chi connectivity index (χ3n) is 3.72. The second-order valence-corrected chi connectivity index (χ2v) is 5.13. The summed E-state index contributed by atoms with van der Waals surface area (Å²) in [6.07, 6.45) is 1.79. The minimum atomic E-state index is -0.463. The van der Waals surface area contributed by atoms with Gasteiger partial charge in [0.05, 0.1) is 22.8 Å². The molecule has 1 heterocycles. The minimum absolute atomic E-state index is 0.0641. The number of amides is 1. The van der Waals surface area contributed by atoms with Crippen molar-refractivity contribution < 1.29 is 19.2 Å². The van der Waals surface area contributed by atoms with Crippen LogP contribution in [0.15, 0.2) is 12.1 Å². The van der Waals surface area contributed by atoms with Crippen LogP contribution in [0.1, 0.15) is 12.8 Å². The Labute approximate surface area is 120 Å². The Morgan fingerprint density at radius 2 is 2.24 bits per heavy atom. The van der Waals surface area contributed by atoms with E-state index in [0.29, 0.717) is 17.1 Å². The van der Waals surface area contributed by atoms with Crippen molar-refractivity contribution in [1.82, 2.24) is 0 Å². The summed E-state index contributed by atoms with van der Waals surface area (Å²) in [5.41, 5.74) is 0.761. The van der Waals surface area contributed by atoms with Gasteiger partial charge in [0.1, 0.15) is 5.69 Å². The molecule has 0 atom stereocenters. The molecule has 1 aromatic carbocycles. The molecule has 0 bridgehead atoms. The van der Waals surface area contributed by atoms with Gasteiger partial charge >= 0.3 is 0 Å². The number of rotatable bonds is 4. The van der Waals surface area contributed by atoms with Gasteiger partial charge in [0.15, 0.2) is 12.4 Å². The number of methoxy groups -OCH3 is 1. The van der Waals surface area contributed by atoms with Gasteiger partial charge in [-0.2, -0.15) is 0 Å². The Morgan fingerprint density at radius 1 is 1.48 bits per heavy atom. The first-order valence-electron chi connectivity index (χ1n) is 6.61. The maximum atomic E-state index is 11.3. The normalized spacial score (nSPS) is 23.4. The van der Waals surface area contributed by atoms with Crippen LogP contribution in [-0.2, 0) is 9.53 Å². The van der Waals surface area contributed by atoms with Gasteiger partial charge < -0.3 is 20.1 Å². The van der Waals surface area contributed by atoms with Crippen molar-refractivity contribution in [2.75, 3.05) is 24.4 Å². The Bertz CT molecular complexity index is 598. The van der Waals surface area contributed by atoms with Gasteiger partial charge in [-0.1, -0.05) is 0 Å². The van der Waals surface area contributed by atoms with Gasteiger partial charge in [0.2, 0.25) is 0 Å². The number of carbonyl (C=O) groups excluding carboxylic acids is 1. The molecule has 1 saturated carbocycles. The Morgan fingerprint density at radius 3 is 2.90 bits per heavy atom. The summed E-state index contributed by atoms with van der Waals surface area (Å²) in [5, 5.41) is 17.0. The van der Waals surface area contributed by atoms with Crippen LogP contribution in [-0.4, -0.2) is 36.7 Å². The maximum Gasteiger partial charge on any atom is 0.296 e. The van der Waals surface area contributed by atoms with Gasteiger partial charge in [-0.05, 0) is 18.9 Å². The topological polar surface area (TPSA) is 103 Å². The van der Waals surface area contributed by atoms with Crippen molar-refractivity contribution in [2.24, 2.45) is 0 Å². The number of nitrogens with one attached hydrogen (secondary N) is 2. The molecule has 8 heteroatoms. The first-order chi connectivity index (χ1) is 10.1. The van der Waals surface area contributed by atoms with Crippen LogP contribution >= 0.6 is 0 Å². The van der Waals surface area contributed by atoms with Crippen molar-refractivity contribution in [3.05, 3.63) is 22.2 Å². The quantitative estimate of drug-likeness (QED) is 0.644. The highest BCUT2D eigenvalue weighted by Crippen LogP contribution is 2.39. The van der Waals surface area contributed by atoms with Crippen LogP contribution in [0.25, 0.3) is 0 Å². The van der Waals surface area contributed by atoms with Crippen molar-refractivity contribution in [2.45, 2.75) is 25.0 Å². The monoisotopic (exact) mass is 293 g/mol. The third kappa shape index (κ3) is 2.62. The SMILES string of the molecule is COC1CC(Nc2cc3c(cc2[N+](=O)[O-])OCC(=O)N3)C1. The van der Waals surface area contributed by atoms with E-state index in [1.165, 1.54) is 6.07 Å². The summed E-state index contributed by atoms with van der Waals surface area (Å²) in [4.78, 5) is 22.0. The summed E-state index contributed by atoms with van der Waals surface area (Å²) in [5.74, 6) is 0.0422. The second kappa shape index (κ2) is 5.21. The molecule has 0 unspecified atom stereocenters. The fourth-order valence-corrected chi connectivity index (χ4v) is 2.48. The van der Waals surface area contributed by atoms with E-state index in [1.54, 1.807) is 13.2 Å². The lowest BCUT2D eigenvalue weighted by Crippen LogP contribution is -2.40. The van der Waals surface area contributed by atoms with Crippen LogP contribution in [0.2, 0.25) is 0 Å². The fraction of sp³-hybridized carbons (Fsp3) is 0.462. The van der Waals surface area contributed by atoms with Gasteiger partial charge in [-0.15, -0.1) is 0 Å². The highest BCUT2D eigenvalue weighted by atomic mass is 16.6. The second-order valence-electron chi connectivity index (χ2n) is 5.13. The molecule has 2 aliphatic rings. The summed E-state index contributed by atoms with van der Waals surface area (Å²) in [7, 11) is 1.65. The number of nitro groups is 1. The van der Waals surface area contributed by atoms with Gasteiger partial charge in [0.25, 0.3) is 11.6 Å². The molecule has 2 N–H and O–H groups in total. The van der Waals surface area contributed by atoms with Crippen molar-refractivity contribution >= 4 is 23.0 Å². The van der Waals surface area contributed by atoms with E-state index in [-0.39, 0.29) is 30.3 Å². The van der Waals surface area contributed by atoms with Crippen molar-refractivity contribution in [3.63, 3.8) is 0 Å². The standard InChI is InChI=1S/C13H15N3O5/c1-20-8-2-7(3-8)14-9-4-10-12(5-11(9)16(18)19)21-6-13(17)15-10/h4-5,7-8,14H,2-3,6H2,1H3,(H,15,17). The lowest BCUT2D eigenvalue weighted by molar-refractivity contribution is -0.384. The summed E-state index contributed by atoms with van der Waals surface area (Å²) in [6.45, 7) is -0.130. The molecule has 8 nitrogen and oxygen atoms in total. The molecule has 0 saturated heterocycles. The van der Waals surface area contributed by atoms with E-state index < -0.39 is 4.92 Å². The summed E-state index contributed by atoms with van der Waals surface area (Å²) < 4.78 is 10.4. The molecule has 3 rings (SSSR count). The number of fused-ring (bicyclic) bond motifs is 1. The van der Waals surface area contributed by atoms with Crippen LogP contribution in [0, 0.1) is 10.1 Å². The summed E-state index contributed by atoms with van der Waals surface area (Å²) in [6, 6.07) is 3.01. The van der Waals surface area contributed by atoms with Gasteiger partial charge in [-0.3, -0.25) is 14.9 Å². The van der Waals surface area contributed by atoms with E-state index in [2.05, 4.69) is 10.6 Å². The predicted molar refractivity (Wildman–Crippen MR) is 74.7 cm³/mol. The number of nitrogens with zero attached hydrogens (tertiary/aromatic N) is 1. The number of hydrogen-bond acceptors (Lipinski definition) is 6. The Balaban J connectivity index is 1.85. The van der Waals surface area contributed by atoms with Crippen LogP contribution in [0.4, 0.5) is 17.1 Å². The van der Waals surface area contributed by atoms with E-state index in [9.17, 15) is 14.9 Å². The van der Waals surface area contributed by atoms with E-state index in [4.69, 9.17) is 9.47 Å². The number of ether oxygens (including phenoxy) is 2. The summed E-state index contributed by atoms with van der Waals surface area (Å²) >= 11 is 0. The molecule has 1 aliphatic carbocycles. The first-order valence-corrected chi connectivity index (χ1v) is 6.61. The highest BCUT2D eigenvalue weighted by Gasteiger charge is 2.31. The molecule has 1 fully saturated rings. The number of benzene rings is 1. The molecule has 1 aromatic rings. The predicted octanol–water partition coefficient (Wildman–Crippen LogP) is 1.51. The smallest absolute Gasteiger partial charge is 0.296 e. The van der Waals surface area contributed by atoms with E-state index >= 15 is 0 Å². The zero-order valence-electron chi connectivity index (χ0n) is 11.4. The fourth-order valence-electron chi connectivity index (χ4n) is 2.48. The molecular formula is C13H15N3O5. The van der Waals surface area contributed by atoms with Crippen molar-refractivity contribution in [3.8, 4) is 5.75 Å². The number of anilines is 2. The highest BCUT2D eigenvalue weighted by molar-refractivity contribution is 5.96. The molecule has 1 aliphatic heterocycles. The van der Waals surface area contributed by atoms with Crippen LogP contribution < -0.4 is 15.4 Å². The minimum Gasteiger partial charge on any atom is -0.481 e. The molecule has 21 heavy (non-hydrogen) atoms. The first kappa shape index (κ1) is 13.6. The van der Waals surface area contributed by atoms with E-state index in [1.807, 2.05) is 0 Å². The molecule has 1 amide bonds. The molecule has 0 aromatic heterocycles. The van der Waals surface area contributed by atoms with Crippen molar-refractivity contribution in [1.29, 1.82) is 0 Å². The lowest BCUT2D eigenvalue weighted by Gasteiger charge is -2.35. The molecule has 0 spiro atoms. The molecule has 0 radical (unpaired) electrons.